The van der Waals surface area contributed by atoms with Crippen molar-refractivity contribution in [1.29, 1.82) is 0 Å². The molecule has 2 aromatic heterocycles. The van der Waals surface area contributed by atoms with E-state index in [-0.39, 0.29) is 5.15 Å². The van der Waals surface area contributed by atoms with Crippen molar-refractivity contribution in [2.45, 2.75) is 0 Å². The number of hydrogen-bond acceptors (Lipinski definition) is 6. The van der Waals surface area contributed by atoms with Gasteiger partial charge in [0.2, 0.25) is 0 Å². The maximum atomic E-state index is 5.83. The molecule has 0 fully saturated rings. The molecule has 0 aliphatic carbocycles. The number of thiazole rings is 1. The summed E-state index contributed by atoms with van der Waals surface area (Å²) in [6.45, 7) is 0. The number of para-hydroxylation sites is 1. The largest absolute Gasteiger partial charge is 0.393 e. The summed E-state index contributed by atoms with van der Waals surface area (Å²) in [4.78, 5) is 12.3. The second kappa shape index (κ2) is 4.40. The molecule has 1 aromatic carbocycles. The van der Waals surface area contributed by atoms with Gasteiger partial charge in [-0.05, 0) is 12.1 Å². The molecular formula is C11H8ClN5S. The van der Waals surface area contributed by atoms with E-state index in [9.17, 15) is 0 Å². The third-order valence-corrected chi connectivity index (χ3v) is 3.61. The van der Waals surface area contributed by atoms with E-state index in [2.05, 4.69) is 20.3 Å². The number of nitrogens with two attached hydrogens (primary N) is 1. The molecule has 0 saturated carbocycles. The molecule has 2 heterocycles. The van der Waals surface area contributed by atoms with Crippen LogP contribution in [-0.2, 0) is 0 Å². The van der Waals surface area contributed by atoms with Crippen LogP contribution >= 0.6 is 22.9 Å². The van der Waals surface area contributed by atoms with Crippen LogP contribution in [0.5, 0.6) is 0 Å². The Kier molecular flexibility index (Phi) is 2.73. The van der Waals surface area contributed by atoms with Crippen molar-refractivity contribution >= 4 is 49.8 Å². The monoisotopic (exact) mass is 277 g/mol. The van der Waals surface area contributed by atoms with Crippen molar-refractivity contribution in [1.82, 2.24) is 15.0 Å². The summed E-state index contributed by atoms with van der Waals surface area (Å²) < 4.78 is 1.10. The molecule has 0 aliphatic heterocycles. The van der Waals surface area contributed by atoms with Gasteiger partial charge in [-0.3, -0.25) is 0 Å². The number of fused-ring (bicyclic) bond motifs is 1. The van der Waals surface area contributed by atoms with Crippen LogP contribution in [0.1, 0.15) is 0 Å². The van der Waals surface area contributed by atoms with Crippen LogP contribution in [0.4, 0.5) is 16.6 Å². The van der Waals surface area contributed by atoms with Crippen molar-refractivity contribution < 1.29 is 0 Å². The van der Waals surface area contributed by atoms with Gasteiger partial charge in [-0.1, -0.05) is 35.1 Å². The highest BCUT2D eigenvalue weighted by atomic mass is 35.5. The predicted molar refractivity (Wildman–Crippen MR) is 74.4 cm³/mol. The Labute approximate surface area is 112 Å². The lowest BCUT2D eigenvalue weighted by Crippen LogP contribution is -2.00. The third-order valence-electron chi connectivity index (χ3n) is 2.35. The average molecular weight is 278 g/mol. The quantitative estimate of drug-likeness (QED) is 0.704. The van der Waals surface area contributed by atoms with Gasteiger partial charge in [0.1, 0.15) is 12.0 Å². The van der Waals surface area contributed by atoms with E-state index in [1.165, 1.54) is 17.7 Å². The van der Waals surface area contributed by atoms with E-state index in [1.807, 2.05) is 24.3 Å². The minimum absolute atomic E-state index is 0.230. The van der Waals surface area contributed by atoms with E-state index in [0.29, 0.717) is 11.5 Å². The highest BCUT2D eigenvalue weighted by molar-refractivity contribution is 7.22. The fourth-order valence-electron chi connectivity index (χ4n) is 1.50. The van der Waals surface area contributed by atoms with Gasteiger partial charge in [0.05, 0.1) is 10.2 Å². The van der Waals surface area contributed by atoms with Gasteiger partial charge in [-0.25, -0.2) is 15.0 Å². The zero-order chi connectivity index (χ0) is 12.5. The van der Waals surface area contributed by atoms with Gasteiger partial charge in [0.15, 0.2) is 16.1 Å². The molecule has 0 atom stereocenters. The van der Waals surface area contributed by atoms with Crippen LogP contribution in [-0.4, -0.2) is 15.0 Å². The number of nitrogen functional groups attached to an aromatic ring is 1. The molecule has 3 aromatic rings. The highest BCUT2D eigenvalue weighted by Gasteiger charge is 2.09. The Morgan fingerprint density at radius 3 is 2.89 bits per heavy atom. The van der Waals surface area contributed by atoms with E-state index < -0.39 is 0 Å². The van der Waals surface area contributed by atoms with Crippen molar-refractivity contribution in [2.24, 2.45) is 0 Å². The van der Waals surface area contributed by atoms with Gasteiger partial charge >= 0.3 is 0 Å². The van der Waals surface area contributed by atoms with Crippen LogP contribution < -0.4 is 11.1 Å². The van der Waals surface area contributed by atoms with E-state index in [1.54, 1.807) is 0 Å². The number of nitrogens with zero attached hydrogens (tertiary/aromatic N) is 3. The molecular weight excluding hydrogens is 270 g/mol. The number of nitrogens with one attached hydrogen (secondary N) is 1. The first kappa shape index (κ1) is 11.2. The Morgan fingerprint density at radius 1 is 1.22 bits per heavy atom. The van der Waals surface area contributed by atoms with Crippen molar-refractivity contribution in [3.8, 4) is 0 Å². The lowest BCUT2D eigenvalue weighted by atomic mass is 10.3. The second-order valence-corrected chi connectivity index (χ2v) is 4.93. The van der Waals surface area contributed by atoms with E-state index in [0.717, 1.165) is 15.3 Å². The van der Waals surface area contributed by atoms with Crippen molar-refractivity contribution in [3.63, 3.8) is 0 Å². The predicted octanol–water partition coefficient (Wildman–Crippen LogP) is 3.07. The molecule has 3 rings (SSSR count). The second-order valence-electron chi connectivity index (χ2n) is 3.54. The molecule has 0 saturated heterocycles. The lowest BCUT2D eigenvalue weighted by molar-refractivity contribution is 1.17. The first-order valence-corrected chi connectivity index (χ1v) is 6.32. The summed E-state index contributed by atoms with van der Waals surface area (Å²) in [5.41, 5.74) is 7.03. The third kappa shape index (κ3) is 1.96. The number of anilines is 3. The van der Waals surface area contributed by atoms with Crippen LogP contribution in [0.15, 0.2) is 30.6 Å². The SMILES string of the molecule is Nc1c(Cl)ncnc1Nc1nc2ccccc2s1. The van der Waals surface area contributed by atoms with Gasteiger partial charge in [0.25, 0.3) is 0 Å². The van der Waals surface area contributed by atoms with Crippen LogP contribution in [0, 0.1) is 0 Å². The number of halogens is 1. The molecule has 0 unspecified atom stereocenters. The Bertz CT molecular complexity index is 678. The molecule has 0 radical (unpaired) electrons. The van der Waals surface area contributed by atoms with E-state index in [4.69, 9.17) is 17.3 Å². The lowest BCUT2D eigenvalue weighted by Gasteiger charge is -2.04. The maximum absolute atomic E-state index is 5.83. The normalized spacial score (nSPS) is 10.7. The van der Waals surface area contributed by atoms with Crippen LogP contribution in [0.3, 0.4) is 0 Å². The number of hydrogen-bond donors (Lipinski definition) is 2. The Balaban J connectivity index is 1.99. The van der Waals surface area contributed by atoms with Crippen molar-refractivity contribution in [3.05, 3.63) is 35.7 Å². The minimum Gasteiger partial charge on any atom is -0.393 e. The van der Waals surface area contributed by atoms with Crippen LogP contribution in [0.2, 0.25) is 5.15 Å². The topological polar surface area (TPSA) is 76.7 Å². The summed E-state index contributed by atoms with van der Waals surface area (Å²) in [7, 11) is 0. The first-order chi connectivity index (χ1) is 8.74. The molecule has 0 spiro atoms. The smallest absolute Gasteiger partial charge is 0.189 e. The molecule has 90 valence electrons. The fraction of sp³-hybridized carbons (Fsp3) is 0. The maximum Gasteiger partial charge on any atom is 0.189 e. The summed E-state index contributed by atoms with van der Waals surface area (Å²) >= 11 is 7.35. The fourth-order valence-corrected chi connectivity index (χ4v) is 2.50. The molecule has 0 aliphatic rings. The summed E-state index contributed by atoms with van der Waals surface area (Å²) in [5.74, 6) is 0.467. The van der Waals surface area contributed by atoms with Gasteiger partial charge < -0.3 is 11.1 Å². The summed E-state index contributed by atoms with van der Waals surface area (Å²) in [6, 6.07) is 7.88. The van der Waals surface area contributed by atoms with Crippen LogP contribution in [0.25, 0.3) is 10.2 Å². The summed E-state index contributed by atoms with van der Waals surface area (Å²) in [6.07, 6.45) is 1.36. The van der Waals surface area contributed by atoms with Gasteiger partial charge in [-0.15, -0.1) is 0 Å². The van der Waals surface area contributed by atoms with Gasteiger partial charge in [0, 0.05) is 0 Å². The zero-order valence-corrected chi connectivity index (χ0v) is 10.7. The Morgan fingerprint density at radius 2 is 2.06 bits per heavy atom. The van der Waals surface area contributed by atoms with Gasteiger partial charge in [-0.2, -0.15) is 0 Å². The van der Waals surface area contributed by atoms with E-state index >= 15 is 0 Å². The number of rotatable bonds is 2. The highest BCUT2D eigenvalue weighted by Crippen LogP contribution is 2.30. The van der Waals surface area contributed by atoms with Crippen molar-refractivity contribution in [2.75, 3.05) is 11.1 Å². The minimum atomic E-state index is 0.230. The summed E-state index contributed by atoms with van der Waals surface area (Å²) in [5, 5.41) is 4.00. The molecule has 3 N–H and O–H groups in total. The number of aromatic nitrogens is 3. The molecule has 0 bridgehead atoms. The Hall–Kier alpha value is -1.92. The standard InChI is InChI=1S/C11H8ClN5S/c12-9-8(13)10(15-5-14-9)17-11-16-6-3-1-2-4-7(6)18-11/h1-5H,13H2,(H,14,15,16,17). The number of benzene rings is 1. The first-order valence-electron chi connectivity index (χ1n) is 5.12. The molecule has 7 heteroatoms. The molecule has 5 nitrogen and oxygen atoms in total. The molecule has 0 amide bonds. The average Bonchev–Trinajstić information content (AvgIpc) is 2.77. The molecule has 18 heavy (non-hydrogen) atoms. The zero-order valence-electron chi connectivity index (χ0n) is 9.09.